The zero-order valence-corrected chi connectivity index (χ0v) is 9.96. The van der Waals surface area contributed by atoms with Crippen LogP contribution in [0.3, 0.4) is 0 Å². The lowest BCUT2D eigenvalue weighted by molar-refractivity contribution is 0.0336. The molecular formula is C9H11BrClNO2. The van der Waals surface area contributed by atoms with Crippen molar-refractivity contribution in [2.45, 2.75) is 19.1 Å². The molecular weight excluding hydrogens is 269 g/mol. The van der Waals surface area contributed by atoms with E-state index >= 15 is 0 Å². The van der Waals surface area contributed by atoms with Crippen LogP contribution in [0.1, 0.15) is 17.4 Å². The highest BCUT2D eigenvalue weighted by atomic mass is 79.9. The molecule has 2 unspecified atom stereocenters. The van der Waals surface area contributed by atoms with Crippen LogP contribution in [0.15, 0.2) is 12.1 Å². The molecule has 0 aliphatic rings. The fourth-order valence-electron chi connectivity index (χ4n) is 1.15. The summed E-state index contributed by atoms with van der Waals surface area (Å²) >= 11 is 8.77. The summed E-state index contributed by atoms with van der Waals surface area (Å²) in [5, 5.41) is 19.8. The molecule has 3 nitrogen and oxygen atoms in total. The zero-order chi connectivity index (χ0) is 10.7. The lowest BCUT2D eigenvalue weighted by atomic mass is 10.0. The fourth-order valence-corrected chi connectivity index (χ4v) is 1.69. The first-order chi connectivity index (χ1) is 6.56. The van der Waals surface area contributed by atoms with Crippen molar-refractivity contribution in [1.29, 1.82) is 0 Å². The van der Waals surface area contributed by atoms with Crippen LogP contribution in [-0.2, 0) is 0 Å². The normalized spacial score (nSPS) is 15.2. The third-order valence-corrected chi connectivity index (χ3v) is 2.81. The van der Waals surface area contributed by atoms with Crippen LogP contribution >= 0.6 is 27.5 Å². The average Bonchev–Trinajstić information content (AvgIpc) is 2.15. The predicted molar refractivity (Wildman–Crippen MR) is 58.7 cm³/mol. The number of nitrogens with zero attached hydrogens (tertiary/aromatic N) is 1. The van der Waals surface area contributed by atoms with Crippen molar-refractivity contribution in [1.82, 2.24) is 4.98 Å². The fraction of sp³-hybridized carbons (Fsp3) is 0.444. The largest absolute Gasteiger partial charge is 0.389 e. The maximum absolute atomic E-state index is 9.70. The molecule has 0 spiro atoms. The van der Waals surface area contributed by atoms with Crippen molar-refractivity contribution in [3.63, 3.8) is 0 Å². The molecule has 5 heteroatoms. The molecule has 0 aromatic carbocycles. The number of aryl methyl sites for hydroxylation is 1. The Kier molecular flexibility index (Phi) is 4.31. The quantitative estimate of drug-likeness (QED) is 0.656. The SMILES string of the molecule is Cc1nc(Cl)ccc1C(O)C(O)CBr. The van der Waals surface area contributed by atoms with E-state index in [0.717, 1.165) is 0 Å². The average molecular weight is 281 g/mol. The minimum atomic E-state index is -0.931. The number of pyridine rings is 1. The van der Waals surface area contributed by atoms with Gasteiger partial charge in [-0.3, -0.25) is 0 Å². The first-order valence-electron chi connectivity index (χ1n) is 4.11. The van der Waals surface area contributed by atoms with E-state index in [4.69, 9.17) is 11.6 Å². The highest BCUT2D eigenvalue weighted by molar-refractivity contribution is 9.09. The van der Waals surface area contributed by atoms with Gasteiger partial charge in [-0.05, 0) is 13.0 Å². The van der Waals surface area contributed by atoms with Gasteiger partial charge < -0.3 is 10.2 Å². The van der Waals surface area contributed by atoms with Crippen LogP contribution in [0, 0.1) is 6.92 Å². The minimum Gasteiger partial charge on any atom is -0.389 e. The molecule has 1 aromatic heterocycles. The predicted octanol–water partition coefficient (Wildman–Crippen LogP) is 1.83. The van der Waals surface area contributed by atoms with Gasteiger partial charge in [0.25, 0.3) is 0 Å². The molecule has 1 heterocycles. The van der Waals surface area contributed by atoms with Crippen molar-refractivity contribution in [3.8, 4) is 0 Å². The van der Waals surface area contributed by atoms with Crippen LogP contribution in [0.2, 0.25) is 5.15 Å². The van der Waals surface area contributed by atoms with Gasteiger partial charge in [0.2, 0.25) is 0 Å². The first-order valence-corrected chi connectivity index (χ1v) is 5.61. The van der Waals surface area contributed by atoms with Crippen LogP contribution in [0.5, 0.6) is 0 Å². The van der Waals surface area contributed by atoms with Crippen LogP contribution in [0.4, 0.5) is 0 Å². The van der Waals surface area contributed by atoms with Crippen molar-refractivity contribution in [2.24, 2.45) is 0 Å². The molecule has 0 radical (unpaired) electrons. The van der Waals surface area contributed by atoms with Gasteiger partial charge in [0.05, 0.1) is 6.10 Å². The Labute approximate surface area is 95.9 Å². The van der Waals surface area contributed by atoms with Gasteiger partial charge in [0, 0.05) is 16.6 Å². The van der Waals surface area contributed by atoms with E-state index < -0.39 is 12.2 Å². The van der Waals surface area contributed by atoms with Gasteiger partial charge >= 0.3 is 0 Å². The maximum Gasteiger partial charge on any atom is 0.129 e. The Bertz CT molecular complexity index is 322. The van der Waals surface area contributed by atoms with Gasteiger partial charge in [-0.1, -0.05) is 33.6 Å². The van der Waals surface area contributed by atoms with Crippen LogP contribution in [-0.4, -0.2) is 26.6 Å². The number of aliphatic hydroxyl groups is 2. The van der Waals surface area contributed by atoms with Crippen LogP contribution < -0.4 is 0 Å². The topological polar surface area (TPSA) is 53.4 Å². The second-order valence-corrected chi connectivity index (χ2v) is 4.01. The smallest absolute Gasteiger partial charge is 0.129 e. The summed E-state index contributed by atoms with van der Waals surface area (Å²) in [4.78, 5) is 3.99. The van der Waals surface area contributed by atoms with E-state index in [1.807, 2.05) is 0 Å². The Balaban J connectivity index is 2.95. The summed E-state index contributed by atoms with van der Waals surface area (Å²) in [7, 11) is 0. The van der Waals surface area contributed by atoms with E-state index in [0.29, 0.717) is 21.7 Å². The third-order valence-electron chi connectivity index (χ3n) is 1.93. The number of aliphatic hydroxyl groups excluding tert-OH is 2. The van der Waals surface area contributed by atoms with Crippen molar-refractivity contribution in [3.05, 3.63) is 28.5 Å². The molecule has 0 bridgehead atoms. The molecule has 0 aliphatic heterocycles. The third kappa shape index (κ3) is 2.67. The van der Waals surface area contributed by atoms with Crippen LogP contribution in [0.25, 0.3) is 0 Å². The number of hydrogen-bond donors (Lipinski definition) is 2. The highest BCUT2D eigenvalue weighted by Gasteiger charge is 2.19. The summed E-state index contributed by atoms with van der Waals surface area (Å²) in [6.07, 6.45) is -1.77. The van der Waals surface area contributed by atoms with E-state index in [9.17, 15) is 10.2 Å². The minimum absolute atomic E-state index is 0.316. The molecule has 0 fully saturated rings. The standard InChI is InChI=1S/C9H11BrClNO2/c1-5-6(2-3-8(11)12-5)9(14)7(13)4-10/h2-3,7,9,13-14H,4H2,1H3. The number of aromatic nitrogens is 1. The Morgan fingerprint density at radius 2 is 2.14 bits per heavy atom. The molecule has 2 N–H and O–H groups in total. The number of halogens is 2. The highest BCUT2D eigenvalue weighted by Crippen LogP contribution is 2.22. The molecule has 1 aromatic rings. The summed E-state index contributed by atoms with van der Waals surface area (Å²) in [5.41, 5.74) is 1.23. The molecule has 2 atom stereocenters. The maximum atomic E-state index is 9.70. The monoisotopic (exact) mass is 279 g/mol. The molecule has 14 heavy (non-hydrogen) atoms. The zero-order valence-electron chi connectivity index (χ0n) is 7.61. The summed E-state index contributed by atoms with van der Waals surface area (Å²) in [6, 6.07) is 3.26. The molecule has 0 aliphatic carbocycles. The van der Waals surface area contributed by atoms with E-state index in [-0.39, 0.29) is 0 Å². The van der Waals surface area contributed by atoms with Crippen molar-refractivity contribution in [2.75, 3.05) is 5.33 Å². The van der Waals surface area contributed by atoms with Gasteiger partial charge in [-0.25, -0.2) is 4.98 Å². The van der Waals surface area contributed by atoms with Crippen molar-refractivity contribution >= 4 is 27.5 Å². The molecule has 78 valence electrons. The molecule has 0 saturated heterocycles. The summed E-state index contributed by atoms with van der Waals surface area (Å²) in [5.74, 6) is 0. The number of alkyl halides is 1. The first kappa shape index (κ1) is 11.9. The van der Waals surface area contributed by atoms with E-state index in [1.54, 1.807) is 19.1 Å². The summed E-state index contributed by atoms with van der Waals surface area (Å²) < 4.78 is 0. The van der Waals surface area contributed by atoms with E-state index in [1.165, 1.54) is 0 Å². The lowest BCUT2D eigenvalue weighted by Crippen LogP contribution is -2.20. The Morgan fingerprint density at radius 1 is 1.50 bits per heavy atom. The van der Waals surface area contributed by atoms with Gasteiger partial charge in [-0.2, -0.15) is 0 Å². The Hall–Kier alpha value is -0.160. The molecule has 0 saturated carbocycles. The second kappa shape index (κ2) is 5.07. The van der Waals surface area contributed by atoms with Crippen molar-refractivity contribution < 1.29 is 10.2 Å². The number of hydrogen-bond acceptors (Lipinski definition) is 3. The second-order valence-electron chi connectivity index (χ2n) is 2.98. The molecule has 0 amide bonds. The van der Waals surface area contributed by atoms with Gasteiger partial charge in [0.1, 0.15) is 11.3 Å². The Morgan fingerprint density at radius 3 is 2.64 bits per heavy atom. The molecule has 1 rings (SSSR count). The summed E-state index contributed by atoms with van der Waals surface area (Å²) in [6.45, 7) is 1.74. The lowest BCUT2D eigenvalue weighted by Gasteiger charge is -2.17. The van der Waals surface area contributed by atoms with E-state index in [2.05, 4.69) is 20.9 Å². The van der Waals surface area contributed by atoms with Gasteiger partial charge in [-0.15, -0.1) is 0 Å². The number of rotatable bonds is 3. The van der Waals surface area contributed by atoms with Gasteiger partial charge in [0.15, 0.2) is 0 Å².